The summed E-state index contributed by atoms with van der Waals surface area (Å²) in [5, 5.41) is 9.54. The Morgan fingerprint density at radius 1 is 1.67 bits per heavy atom. The van der Waals surface area contributed by atoms with Gasteiger partial charge in [0.15, 0.2) is 0 Å². The summed E-state index contributed by atoms with van der Waals surface area (Å²) in [5.41, 5.74) is 1.90. The summed E-state index contributed by atoms with van der Waals surface area (Å²) in [4.78, 5) is 18.2. The minimum atomic E-state index is -0.334. The van der Waals surface area contributed by atoms with Crippen LogP contribution in [0.15, 0.2) is 18.3 Å². The molecule has 98 valence electrons. The van der Waals surface area contributed by atoms with E-state index in [2.05, 4.69) is 4.98 Å². The fourth-order valence-electron chi connectivity index (χ4n) is 2.37. The van der Waals surface area contributed by atoms with E-state index in [9.17, 15) is 9.90 Å². The molecule has 2 unspecified atom stereocenters. The molecule has 1 aromatic heterocycles. The Morgan fingerprint density at radius 2 is 2.44 bits per heavy atom. The molecule has 1 amide bonds. The number of aryl methyl sites for hydroxylation is 1. The lowest BCUT2D eigenvalue weighted by atomic mass is 10.0. The predicted octanol–water partition coefficient (Wildman–Crippen LogP) is 1.16. The Labute approximate surface area is 108 Å². The molecule has 2 heterocycles. The molecule has 18 heavy (non-hydrogen) atoms. The summed E-state index contributed by atoms with van der Waals surface area (Å²) in [6, 6.07) is 3.85. The van der Waals surface area contributed by atoms with Gasteiger partial charge in [-0.1, -0.05) is 6.07 Å². The van der Waals surface area contributed by atoms with Gasteiger partial charge in [-0.3, -0.25) is 9.78 Å². The van der Waals surface area contributed by atoms with Crippen LogP contribution in [-0.2, 0) is 11.2 Å². The molecule has 0 bridgehead atoms. The van der Waals surface area contributed by atoms with Gasteiger partial charge in [0.25, 0.3) is 0 Å². The van der Waals surface area contributed by atoms with Gasteiger partial charge in [-0.25, -0.2) is 0 Å². The molecule has 0 aromatic carbocycles. The average molecular weight is 248 g/mol. The SMILES string of the molecule is Cc1cccnc1CC(=O)N1CCC(C(C)O)C1. The number of pyridine rings is 1. The largest absolute Gasteiger partial charge is 0.393 e. The fraction of sp³-hybridized carbons (Fsp3) is 0.571. The number of carbonyl (C=O) groups excluding carboxylic acids is 1. The smallest absolute Gasteiger partial charge is 0.228 e. The quantitative estimate of drug-likeness (QED) is 0.873. The van der Waals surface area contributed by atoms with Crippen LogP contribution in [0.1, 0.15) is 24.6 Å². The number of rotatable bonds is 3. The molecule has 1 aliphatic rings. The zero-order valence-electron chi connectivity index (χ0n) is 11.0. The first-order chi connectivity index (χ1) is 8.58. The molecule has 0 aliphatic carbocycles. The molecule has 0 saturated carbocycles. The predicted molar refractivity (Wildman–Crippen MR) is 69.0 cm³/mol. The number of aliphatic hydroxyl groups excluding tert-OH is 1. The van der Waals surface area contributed by atoms with Crippen LogP contribution >= 0.6 is 0 Å². The van der Waals surface area contributed by atoms with Crippen molar-refractivity contribution in [2.45, 2.75) is 32.8 Å². The average Bonchev–Trinajstić information content (AvgIpc) is 2.81. The second kappa shape index (κ2) is 5.48. The number of carbonyl (C=O) groups is 1. The second-order valence-corrected chi connectivity index (χ2v) is 5.07. The summed E-state index contributed by atoms with van der Waals surface area (Å²) in [6.45, 7) is 5.18. The van der Waals surface area contributed by atoms with E-state index in [1.807, 2.05) is 24.0 Å². The van der Waals surface area contributed by atoms with Gasteiger partial charge in [-0.2, -0.15) is 0 Å². The maximum Gasteiger partial charge on any atom is 0.228 e. The molecule has 2 atom stereocenters. The second-order valence-electron chi connectivity index (χ2n) is 5.07. The first kappa shape index (κ1) is 13.0. The number of aromatic nitrogens is 1. The van der Waals surface area contributed by atoms with E-state index in [-0.39, 0.29) is 17.9 Å². The number of hydrogen-bond donors (Lipinski definition) is 1. The Morgan fingerprint density at radius 3 is 3.06 bits per heavy atom. The third-order valence-electron chi connectivity index (χ3n) is 3.70. The Hall–Kier alpha value is -1.42. The van der Waals surface area contributed by atoms with E-state index in [0.29, 0.717) is 13.0 Å². The third kappa shape index (κ3) is 2.88. The molecule has 1 N–H and O–H groups in total. The Kier molecular flexibility index (Phi) is 3.97. The van der Waals surface area contributed by atoms with E-state index in [1.54, 1.807) is 13.1 Å². The van der Waals surface area contributed by atoms with Gasteiger partial charge in [0.1, 0.15) is 0 Å². The zero-order valence-corrected chi connectivity index (χ0v) is 11.0. The van der Waals surface area contributed by atoms with Crippen LogP contribution in [0.5, 0.6) is 0 Å². The highest BCUT2D eigenvalue weighted by Gasteiger charge is 2.29. The zero-order chi connectivity index (χ0) is 13.1. The first-order valence-corrected chi connectivity index (χ1v) is 6.44. The van der Waals surface area contributed by atoms with Crippen LogP contribution in [0.25, 0.3) is 0 Å². The van der Waals surface area contributed by atoms with Crippen LogP contribution in [0.2, 0.25) is 0 Å². The Balaban J connectivity index is 1.96. The van der Waals surface area contributed by atoms with Crippen LogP contribution in [-0.4, -0.2) is 40.1 Å². The molecular weight excluding hydrogens is 228 g/mol. The normalized spacial score (nSPS) is 21.1. The standard InChI is InChI=1S/C14H20N2O2/c1-10-4-3-6-15-13(10)8-14(18)16-7-5-12(9-16)11(2)17/h3-4,6,11-12,17H,5,7-9H2,1-2H3. The summed E-state index contributed by atoms with van der Waals surface area (Å²) in [6.07, 6.45) is 2.64. The van der Waals surface area contributed by atoms with E-state index >= 15 is 0 Å². The lowest BCUT2D eigenvalue weighted by Crippen LogP contribution is -2.31. The topological polar surface area (TPSA) is 53.4 Å². The molecule has 4 nitrogen and oxygen atoms in total. The van der Waals surface area contributed by atoms with Crippen molar-refractivity contribution >= 4 is 5.91 Å². The fourth-order valence-corrected chi connectivity index (χ4v) is 2.37. The maximum atomic E-state index is 12.1. The summed E-state index contributed by atoms with van der Waals surface area (Å²) in [5.74, 6) is 0.332. The van der Waals surface area contributed by atoms with Crippen LogP contribution < -0.4 is 0 Å². The van der Waals surface area contributed by atoms with E-state index in [1.165, 1.54) is 0 Å². The van der Waals surface area contributed by atoms with Crippen LogP contribution in [0.4, 0.5) is 0 Å². The highest BCUT2D eigenvalue weighted by molar-refractivity contribution is 5.78. The number of likely N-dealkylation sites (tertiary alicyclic amines) is 1. The maximum absolute atomic E-state index is 12.1. The van der Waals surface area contributed by atoms with Gasteiger partial charge in [0.05, 0.1) is 18.2 Å². The monoisotopic (exact) mass is 248 g/mol. The number of amides is 1. The highest BCUT2D eigenvalue weighted by atomic mass is 16.3. The summed E-state index contributed by atoms with van der Waals surface area (Å²) >= 11 is 0. The van der Waals surface area contributed by atoms with Crippen molar-refractivity contribution in [3.8, 4) is 0 Å². The number of hydrogen-bond acceptors (Lipinski definition) is 3. The lowest BCUT2D eigenvalue weighted by molar-refractivity contribution is -0.129. The van der Waals surface area contributed by atoms with E-state index in [4.69, 9.17) is 0 Å². The number of nitrogens with zero attached hydrogens (tertiary/aromatic N) is 2. The molecule has 0 radical (unpaired) electrons. The molecule has 1 fully saturated rings. The number of aliphatic hydroxyl groups is 1. The van der Waals surface area contributed by atoms with Crippen molar-refractivity contribution < 1.29 is 9.90 Å². The van der Waals surface area contributed by atoms with Gasteiger partial charge < -0.3 is 10.0 Å². The van der Waals surface area contributed by atoms with Crippen molar-refractivity contribution in [2.75, 3.05) is 13.1 Å². The van der Waals surface area contributed by atoms with Crippen molar-refractivity contribution in [3.63, 3.8) is 0 Å². The molecule has 2 rings (SSSR count). The molecule has 1 saturated heterocycles. The van der Waals surface area contributed by atoms with Crippen molar-refractivity contribution in [1.82, 2.24) is 9.88 Å². The molecule has 4 heteroatoms. The van der Waals surface area contributed by atoms with Gasteiger partial charge >= 0.3 is 0 Å². The van der Waals surface area contributed by atoms with E-state index < -0.39 is 0 Å². The molecule has 1 aliphatic heterocycles. The van der Waals surface area contributed by atoms with Gasteiger partial charge in [0.2, 0.25) is 5.91 Å². The van der Waals surface area contributed by atoms with Crippen molar-refractivity contribution in [3.05, 3.63) is 29.6 Å². The first-order valence-electron chi connectivity index (χ1n) is 6.44. The van der Waals surface area contributed by atoms with E-state index in [0.717, 1.165) is 24.2 Å². The lowest BCUT2D eigenvalue weighted by Gasteiger charge is -2.18. The van der Waals surface area contributed by atoms with Crippen LogP contribution in [0, 0.1) is 12.8 Å². The molecule has 0 spiro atoms. The minimum Gasteiger partial charge on any atom is -0.393 e. The summed E-state index contributed by atoms with van der Waals surface area (Å²) in [7, 11) is 0. The minimum absolute atomic E-state index is 0.111. The van der Waals surface area contributed by atoms with Gasteiger partial charge in [-0.05, 0) is 31.9 Å². The summed E-state index contributed by atoms with van der Waals surface area (Å²) < 4.78 is 0. The van der Waals surface area contributed by atoms with Gasteiger partial charge in [0, 0.05) is 25.2 Å². The van der Waals surface area contributed by atoms with Crippen LogP contribution in [0.3, 0.4) is 0 Å². The van der Waals surface area contributed by atoms with Crippen molar-refractivity contribution in [2.24, 2.45) is 5.92 Å². The molecular formula is C14H20N2O2. The molecule has 1 aromatic rings. The van der Waals surface area contributed by atoms with Gasteiger partial charge in [-0.15, -0.1) is 0 Å². The highest BCUT2D eigenvalue weighted by Crippen LogP contribution is 2.20. The van der Waals surface area contributed by atoms with Crippen molar-refractivity contribution in [1.29, 1.82) is 0 Å². The Bertz CT molecular complexity index is 432. The third-order valence-corrected chi connectivity index (χ3v) is 3.70.